The Hall–Kier alpha value is -1.79. The maximum Gasteiger partial charge on any atom is 0.343 e. The first-order chi connectivity index (χ1) is 14.7. The lowest BCUT2D eigenvalue weighted by atomic mass is 10.3. The molecule has 11 heteroatoms. The van der Waals surface area contributed by atoms with Crippen LogP contribution in [-0.4, -0.2) is 72.7 Å². The highest BCUT2D eigenvalue weighted by Gasteiger charge is 2.20. The molecule has 30 heavy (non-hydrogen) atoms. The van der Waals surface area contributed by atoms with Crippen molar-refractivity contribution in [3.8, 4) is 0 Å². The van der Waals surface area contributed by atoms with Crippen molar-refractivity contribution in [3.05, 3.63) is 36.0 Å². The van der Waals surface area contributed by atoms with E-state index in [1.165, 1.54) is 28.8 Å². The van der Waals surface area contributed by atoms with Crippen molar-refractivity contribution in [1.29, 1.82) is 0 Å². The van der Waals surface area contributed by atoms with Crippen LogP contribution in [0.15, 0.2) is 35.5 Å². The molecular weight excluding hydrogens is 444 g/mol. The fraction of sp³-hybridized carbons (Fsp3) is 0.368. The molecule has 8 nitrogen and oxygen atoms in total. The number of para-hydroxylation sites is 2. The number of thioether (sulfide) groups is 1. The molecule has 0 amide bonds. The summed E-state index contributed by atoms with van der Waals surface area (Å²) in [4.78, 5) is 26.3. The molecule has 0 aliphatic heterocycles. The van der Waals surface area contributed by atoms with Gasteiger partial charge < -0.3 is 14.9 Å². The fourth-order valence-corrected chi connectivity index (χ4v) is 5.46. The molecule has 160 valence electrons. The summed E-state index contributed by atoms with van der Waals surface area (Å²) >= 11 is 1.42. The Labute approximate surface area is 185 Å². The summed E-state index contributed by atoms with van der Waals surface area (Å²) < 4.78 is 6.97. The molecule has 0 aliphatic carbocycles. The summed E-state index contributed by atoms with van der Waals surface area (Å²) in [5.41, 5.74) is 1.79. The van der Waals surface area contributed by atoms with E-state index < -0.39 is 5.97 Å². The van der Waals surface area contributed by atoms with Gasteiger partial charge in [0.15, 0.2) is 5.82 Å². The lowest BCUT2D eigenvalue weighted by Gasteiger charge is -2.11. The summed E-state index contributed by atoms with van der Waals surface area (Å²) in [7, 11) is 3.10. The number of ether oxygens (including phenoxy) is 1. The lowest BCUT2D eigenvalue weighted by molar-refractivity contribution is 0.0526. The summed E-state index contributed by atoms with van der Waals surface area (Å²) in [5, 5.41) is 19.0. The molecule has 3 aromatic rings. The third-order valence-corrected chi connectivity index (χ3v) is 7.23. The zero-order valence-corrected chi connectivity index (χ0v) is 18.8. The smallest absolute Gasteiger partial charge is 0.343 e. The van der Waals surface area contributed by atoms with E-state index in [1.807, 2.05) is 24.3 Å². The van der Waals surface area contributed by atoms with Crippen molar-refractivity contribution in [2.24, 2.45) is 4.99 Å². The molecular formula is C19H22N4O4S3. The van der Waals surface area contributed by atoms with Crippen LogP contribution in [0.2, 0.25) is 0 Å². The maximum atomic E-state index is 12.6. The molecule has 3 rings (SSSR count). The van der Waals surface area contributed by atoms with Crippen LogP contribution in [0.1, 0.15) is 17.3 Å². The fourth-order valence-electron chi connectivity index (χ4n) is 2.65. The summed E-state index contributed by atoms with van der Waals surface area (Å²) in [6, 6.07) is 7.56. The molecule has 0 unspecified atom stereocenters. The second-order valence-corrected chi connectivity index (χ2v) is 9.59. The highest BCUT2D eigenvalue weighted by Crippen LogP contribution is 2.29. The van der Waals surface area contributed by atoms with Gasteiger partial charge in [-0.05, 0) is 19.1 Å². The maximum absolute atomic E-state index is 12.6. The Morgan fingerprint density at radius 1 is 1.20 bits per heavy atom. The van der Waals surface area contributed by atoms with Gasteiger partial charge in [0, 0.05) is 17.7 Å². The van der Waals surface area contributed by atoms with Crippen molar-refractivity contribution in [1.82, 2.24) is 14.4 Å². The molecule has 0 atom stereocenters. The number of esters is 1. The average molecular weight is 467 g/mol. The number of aliphatic hydroxyl groups excluding tert-OH is 2. The molecule has 0 fully saturated rings. The molecule has 0 spiro atoms. The lowest BCUT2D eigenvalue weighted by Crippen LogP contribution is -2.09. The van der Waals surface area contributed by atoms with E-state index in [1.54, 1.807) is 22.1 Å². The number of hydrogen-bond donors (Lipinski definition) is 2. The minimum Gasteiger partial charge on any atom is -0.462 e. The topological polar surface area (TPSA) is 109 Å². The second kappa shape index (κ2) is 11.6. The highest BCUT2D eigenvalue weighted by molar-refractivity contribution is 8.77. The first kappa shape index (κ1) is 22.9. The Morgan fingerprint density at radius 3 is 2.77 bits per heavy atom. The van der Waals surface area contributed by atoms with Crippen molar-refractivity contribution in [3.63, 3.8) is 0 Å². The Kier molecular flexibility index (Phi) is 8.82. The largest absolute Gasteiger partial charge is 0.462 e. The zero-order chi connectivity index (χ0) is 21.3. The van der Waals surface area contributed by atoms with Crippen LogP contribution in [-0.2, 0) is 4.74 Å². The van der Waals surface area contributed by atoms with Crippen molar-refractivity contribution < 1.29 is 19.7 Å². The normalized spacial score (nSPS) is 12.0. The van der Waals surface area contributed by atoms with Crippen LogP contribution in [0.3, 0.4) is 0 Å². The number of imidazole rings is 1. The number of carbonyl (C=O) groups excluding carboxylic acids is 1. The SMILES string of the molecule is CCOC(=O)c1cnc2nc3ccccc3n2c1/N=C(/CSSCCO)SCCO. The minimum atomic E-state index is -0.503. The molecule has 2 heterocycles. The minimum absolute atomic E-state index is 0.0165. The summed E-state index contributed by atoms with van der Waals surface area (Å²) in [6.07, 6.45) is 1.44. The van der Waals surface area contributed by atoms with Gasteiger partial charge in [-0.3, -0.25) is 4.40 Å². The Balaban J connectivity index is 2.13. The number of rotatable bonds is 10. The van der Waals surface area contributed by atoms with Gasteiger partial charge in [-0.2, -0.15) is 0 Å². The first-order valence-corrected chi connectivity index (χ1v) is 12.8. The number of aliphatic imine (C=N–C) groups is 1. The number of carbonyl (C=O) groups is 1. The molecule has 2 aromatic heterocycles. The van der Waals surface area contributed by atoms with Gasteiger partial charge in [0.1, 0.15) is 5.56 Å². The molecule has 0 saturated carbocycles. The van der Waals surface area contributed by atoms with E-state index in [9.17, 15) is 9.90 Å². The molecule has 2 N–H and O–H groups in total. The number of benzene rings is 1. The molecule has 0 saturated heterocycles. The van der Waals surface area contributed by atoms with E-state index in [0.29, 0.717) is 28.9 Å². The number of aliphatic hydroxyl groups is 2. The van der Waals surface area contributed by atoms with E-state index in [2.05, 4.69) is 9.97 Å². The highest BCUT2D eigenvalue weighted by atomic mass is 33.1. The van der Waals surface area contributed by atoms with Crippen molar-refractivity contribution in [2.75, 3.05) is 37.1 Å². The van der Waals surface area contributed by atoms with E-state index >= 15 is 0 Å². The predicted molar refractivity (Wildman–Crippen MR) is 125 cm³/mol. The van der Waals surface area contributed by atoms with Crippen molar-refractivity contribution >= 4 is 67.0 Å². The van der Waals surface area contributed by atoms with Crippen molar-refractivity contribution in [2.45, 2.75) is 6.92 Å². The molecule has 1 aromatic carbocycles. The van der Waals surface area contributed by atoms with E-state index in [4.69, 9.17) is 14.8 Å². The zero-order valence-electron chi connectivity index (χ0n) is 16.4. The third-order valence-electron chi connectivity index (χ3n) is 3.83. The number of fused-ring (bicyclic) bond motifs is 3. The van der Waals surface area contributed by atoms with Crippen LogP contribution < -0.4 is 0 Å². The summed E-state index contributed by atoms with van der Waals surface area (Å²) in [6.45, 7) is 2.11. The van der Waals surface area contributed by atoms with Gasteiger partial charge in [-0.25, -0.2) is 19.8 Å². The summed E-state index contributed by atoms with van der Waals surface area (Å²) in [5.74, 6) is 2.00. The predicted octanol–water partition coefficient (Wildman–Crippen LogP) is 3.19. The standard InChI is InChI=1S/C19H22N4O4S3/c1-2-27-18(26)13-11-20-19-21-14-5-3-4-6-15(14)23(19)17(13)22-16(28-9-7-24)12-30-29-10-8-25/h3-6,11,24-25H,2,7-10,12H2,1H3/b22-16-. The van der Waals surface area contributed by atoms with Gasteiger partial charge in [-0.15, -0.1) is 11.8 Å². The quantitative estimate of drug-likeness (QED) is 0.153. The monoisotopic (exact) mass is 466 g/mol. The Bertz CT molecular complexity index is 1040. The number of aromatic nitrogens is 3. The van der Waals surface area contributed by atoms with Gasteiger partial charge in [-0.1, -0.05) is 33.7 Å². The number of nitrogens with zero attached hydrogens (tertiary/aromatic N) is 4. The van der Waals surface area contributed by atoms with Crippen LogP contribution >= 0.6 is 33.3 Å². The van der Waals surface area contributed by atoms with Crippen LogP contribution in [0, 0.1) is 0 Å². The van der Waals surface area contributed by atoms with Gasteiger partial charge >= 0.3 is 5.97 Å². The third kappa shape index (κ3) is 5.46. The molecule has 0 radical (unpaired) electrons. The molecule has 0 aliphatic rings. The number of hydrogen-bond acceptors (Lipinski definition) is 10. The van der Waals surface area contributed by atoms with Crippen LogP contribution in [0.4, 0.5) is 5.82 Å². The van der Waals surface area contributed by atoms with Gasteiger partial charge in [0.05, 0.1) is 41.7 Å². The van der Waals surface area contributed by atoms with Gasteiger partial charge in [0.25, 0.3) is 0 Å². The van der Waals surface area contributed by atoms with E-state index in [-0.39, 0.29) is 25.4 Å². The second-order valence-electron chi connectivity index (χ2n) is 5.84. The van der Waals surface area contributed by atoms with Gasteiger partial charge in [0.2, 0.25) is 5.78 Å². The van der Waals surface area contributed by atoms with Crippen LogP contribution in [0.25, 0.3) is 16.8 Å². The average Bonchev–Trinajstić information content (AvgIpc) is 3.14. The molecule has 0 bridgehead atoms. The van der Waals surface area contributed by atoms with E-state index in [0.717, 1.165) is 16.1 Å². The first-order valence-electron chi connectivity index (χ1n) is 9.29. The Morgan fingerprint density at radius 2 is 2.00 bits per heavy atom. The van der Waals surface area contributed by atoms with Crippen LogP contribution in [0.5, 0.6) is 0 Å².